The number of hydrogen-bond acceptors (Lipinski definition) is 2. The number of nitrogens with one attached hydrogen (secondary N) is 1. The number of aryl methyl sites for hydroxylation is 1. The Morgan fingerprint density at radius 3 is 2.91 bits per heavy atom. The van der Waals surface area contributed by atoms with Crippen molar-refractivity contribution in [2.45, 2.75) is 6.92 Å². The summed E-state index contributed by atoms with van der Waals surface area (Å²) in [7, 11) is 0. The zero-order valence-corrected chi connectivity index (χ0v) is 6.46. The first-order chi connectivity index (χ1) is 5.24. The van der Waals surface area contributed by atoms with Crippen molar-refractivity contribution in [2.24, 2.45) is 0 Å². The molecule has 0 unspecified atom stereocenters. The minimum absolute atomic E-state index is 0.418. The topological polar surface area (TPSA) is 36.7 Å². The molecule has 1 rings (SSSR count). The van der Waals surface area contributed by atoms with Gasteiger partial charge in [0.1, 0.15) is 0 Å². The minimum Gasteiger partial charge on any atom is -0.300 e. The zero-order valence-electron chi connectivity index (χ0n) is 6.46. The van der Waals surface area contributed by atoms with Crippen LogP contribution in [0.5, 0.6) is 0 Å². The molecule has 0 saturated carbocycles. The Morgan fingerprint density at radius 1 is 1.64 bits per heavy atom. The lowest BCUT2D eigenvalue weighted by atomic mass is 10.1. The van der Waals surface area contributed by atoms with Crippen LogP contribution in [0.2, 0.25) is 0 Å². The molecule has 0 fully saturated rings. The van der Waals surface area contributed by atoms with Crippen molar-refractivity contribution in [2.75, 3.05) is 0 Å². The highest BCUT2D eigenvalue weighted by Crippen LogP contribution is 2.01. The lowest BCUT2D eigenvalue weighted by Gasteiger charge is -1.97. The summed E-state index contributed by atoms with van der Waals surface area (Å²) in [4.78, 5) is 3.96. The summed E-state index contributed by atoms with van der Waals surface area (Å²) in [5.74, 6) is 0. The van der Waals surface area contributed by atoms with Crippen LogP contribution in [0.4, 0.5) is 0 Å². The van der Waals surface area contributed by atoms with Crippen LogP contribution in [0.3, 0.4) is 0 Å². The van der Waals surface area contributed by atoms with Crippen LogP contribution in [-0.4, -0.2) is 10.7 Å². The quantitative estimate of drug-likeness (QED) is 0.636. The average molecular weight is 146 g/mol. The monoisotopic (exact) mass is 146 g/mol. The number of nitrogens with zero attached hydrogens (tertiary/aromatic N) is 1. The molecule has 0 aromatic carbocycles. The number of allylic oxidation sites excluding steroid dienone is 1. The predicted octanol–water partition coefficient (Wildman–Crippen LogP) is 1.94. The van der Waals surface area contributed by atoms with Crippen LogP contribution in [0.1, 0.15) is 11.1 Å². The second-order valence-electron chi connectivity index (χ2n) is 2.37. The molecule has 1 aromatic rings. The van der Waals surface area contributed by atoms with Gasteiger partial charge in [-0.3, -0.25) is 4.98 Å². The molecule has 0 aliphatic carbocycles. The molecule has 0 saturated heterocycles. The molecule has 1 aromatic heterocycles. The molecule has 56 valence electrons. The minimum atomic E-state index is 0.418. The molecule has 2 nitrogen and oxygen atoms in total. The molecule has 1 N–H and O–H groups in total. The van der Waals surface area contributed by atoms with Crippen molar-refractivity contribution < 1.29 is 0 Å². The Balaban J connectivity index is 3.05. The molecule has 0 amide bonds. The van der Waals surface area contributed by atoms with Crippen molar-refractivity contribution in [3.05, 3.63) is 42.2 Å². The molecule has 0 radical (unpaired) electrons. The van der Waals surface area contributed by atoms with E-state index in [-0.39, 0.29) is 0 Å². The summed E-state index contributed by atoms with van der Waals surface area (Å²) in [6, 6.07) is 1.91. The van der Waals surface area contributed by atoms with Crippen molar-refractivity contribution in [1.29, 1.82) is 5.41 Å². The number of rotatable bonds is 2. The van der Waals surface area contributed by atoms with Crippen LogP contribution in [-0.2, 0) is 0 Å². The van der Waals surface area contributed by atoms with E-state index in [1.165, 1.54) is 6.08 Å². The van der Waals surface area contributed by atoms with E-state index < -0.39 is 0 Å². The maximum Gasteiger partial charge on any atom is 0.0621 e. The first-order valence-corrected chi connectivity index (χ1v) is 3.37. The Hall–Kier alpha value is -1.44. The summed E-state index contributed by atoms with van der Waals surface area (Å²) in [5, 5.41) is 7.42. The molecular formula is C9H10N2. The standard InChI is InChI=1S/C9H10N2/c1-3-9(10)8-4-7(2)5-11-6-8/h3-6,10H,1H2,2H3. The fourth-order valence-corrected chi connectivity index (χ4v) is 0.820. The highest BCUT2D eigenvalue weighted by molar-refractivity contribution is 6.05. The van der Waals surface area contributed by atoms with E-state index in [4.69, 9.17) is 5.41 Å². The molecular weight excluding hydrogens is 136 g/mol. The first kappa shape index (κ1) is 7.66. The van der Waals surface area contributed by atoms with Gasteiger partial charge in [0.05, 0.1) is 5.71 Å². The summed E-state index contributed by atoms with van der Waals surface area (Å²) in [6.07, 6.45) is 4.94. The third-order valence-electron chi connectivity index (χ3n) is 1.39. The van der Waals surface area contributed by atoms with Gasteiger partial charge in [-0.2, -0.15) is 0 Å². The normalized spacial score (nSPS) is 9.18. The van der Waals surface area contributed by atoms with E-state index in [1.807, 2.05) is 13.0 Å². The third kappa shape index (κ3) is 1.74. The van der Waals surface area contributed by atoms with E-state index >= 15 is 0 Å². The van der Waals surface area contributed by atoms with E-state index in [9.17, 15) is 0 Å². The second-order valence-corrected chi connectivity index (χ2v) is 2.37. The summed E-state index contributed by atoms with van der Waals surface area (Å²) in [5.41, 5.74) is 2.30. The maximum atomic E-state index is 7.42. The van der Waals surface area contributed by atoms with Gasteiger partial charge in [0, 0.05) is 18.0 Å². The smallest absolute Gasteiger partial charge is 0.0621 e. The van der Waals surface area contributed by atoms with Crippen LogP contribution < -0.4 is 0 Å². The van der Waals surface area contributed by atoms with Crippen molar-refractivity contribution >= 4 is 5.71 Å². The van der Waals surface area contributed by atoms with E-state index in [0.29, 0.717) is 5.71 Å². The van der Waals surface area contributed by atoms with Crippen molar-refractivity contribution in [3.8, 4) is 0 Å². The molecule has 1 heterocycles. The van der Waals surface area contributed by atoms with Crippen LogP contribution in [0.15, 0.2) is 31.1 Å². The lowest BCUT2D eigenvalue weighted by molar-refractivity contribution is 1.25. The Morgan fingerprint density at radius 2 is 2.36 bits per heavy atom. The molecule has 0 spiro atoms. The third-order valence-corrected chi connectivity index (χ3v) is 1.39. The van der Waals surface area contributed by atoms with Gasteiger partial charge in [-0.1, -0.05) is 6.58 Å². The SMILES string of the molecule is C=CC(=N)c1cncc(C)c1. The number of hydrogen-bond donors (Lipinski definition) is 1. The lowest BCUT2D eigenvalue weighted by Crippen LogP contribution is -1.94. The Labute approximate surface area is 66.1 Å². The van der Waals surface area contributed by atoms with Crippen LogP contribution >= 0.6 is 0 Å². The van der Waals surface area contributed by atoms with Crippen LogP contribution in [0.25, 0.3) is 0 Å². The summed E-state index contributed by atoms with van der Waals surface area (Å²) < 4.78 is 0. The predicted molar refractivity (Wildman–Crippen MR) is 46.0 cm³/mol. The zero-order chi connectivity index (χ0) is 8.27. The van der Waals surface area contributed by atoms with Gasteiger partial charge in [0.25, 0.3) is 0 Å². The van der Waals surface area contributed by atoms with Gasteiger partial charge < -0.3 is 5.41 Å². The highest BCUT2D eigenvalue weighted by atomic mass is 14.6. The molecule has 0 atom stereocenters. The van der Waals surface area contributed by atoms with Gasteiger partial charge >= 0.3 is 0 Å². The van der Waals surface area contributed by atoms with Crippen LogP contribution in [0, 0.1) is 12.3 Å². The maximum absolute atomic E-state index is 7.42. The van der Waals surface area contributed by atoms with Gasteiger partial charge in [-0.25, -0.2) is 0 Å². The van der Waals surface area contributed by atoms with Gasteiger partial charge in [0.2, 0.25) is 0 Å². The second kappa shape index (κ2) is 3.10. The van der Waals surface area contributed by atoms with E-state index in [1.54, 1.807) is 12.4 Å². The molecule has 0 bridgehead atoms. The Kier molecular flexibility index (Phi) is 2.16. The van der Waals surface area contributed by atoms with Gasteiger partial charge in [0.15, 0.2) is 0 Å². The number of aromatic nitrogens is 1. The molecule has 0 aliphatic heterocycles. The van der Waals surface area contributed by atoms with Gasteiger partial charge in [-0.05, 0) is 24.6 Å². The largest absolute Gasteiger partial charge is 0.300 e. The fourth-order valence-electron chi connectivity index (χ4n) is 0.820. The first-order valence-electron chi connectivity index (χ1n) is 3.37. The molecule has 0 aliphatic rings. The summed E-state index contributed by atoms with van der Waals surface area (Å²) in [6.45, 7) is 5.47. The van der Waals surface area contributed by atoms with Crippen molar-refractivity contribution in [1.82, 2.24) is 4.98 Å². The van der Waals surface area contributed by atoms with E-state index in [0.717, 1.165) is 11.1 Å². The van der Waals surface area contributed by atoms with Crippen molar-refractivity contribution in [3.63, 3.8) is 0 Å². The van der Waals surface area contributed by atoms with E-state index in [2.05, 4.69) is 11.6 Å². The Bertz CT molecular complexity index is 289. The van der Waals surface area contributed by atoms with Gasteiger partial charge in [-0.15, -0.1) is 0 Å². The fraction of sp³-hybridized carbons (Fsp3) is 0.111. The summed E-state index contributed by atoms with van der Waals surface area (Å²) >= 11 is 0. The average Bonchev–Trinajstić information content (AvgIpc) is 2.03. The highest BCUT2D eigenvalue weighted by Gasteiger charge is 1.95. The molecule has 11 heavy (non-hydrogen) atoms. The molecule has 2 heteroatoms. The number of pyridine rings is 1.